The highest BCUT2D eigenvalue weighted by atomic mass is 16.2. The first kappa shape index (κ1) is 14.7. The number of allylic oxidation sites excluding steroid dienone is 1. The number of nitrogens with zero attached hydrogens (tertiary/aromatic N) is 1. The van der Waals surface area contributed by atoms with E-state index in [4.69, 9.17) is 0 Å². The molecule has 0 aromatic carbocycles. The number of nitrogens with one attached hydrogen (secondary N) is 1. The second-order valence-electron chi connectivity index (χ2n) is 5.09. The van der Waals surface area contributed by atoms with Crippen LogP contribution in [0.25, 0.3) is 0 Å². The molecule has 1 saturated heterocycles. The Kier molecular flexibility index (Phi) is 5.38. The van der Waals surface area contributed by atoms with Crippen LogP contribution >= 0.6 is 0 Å². The predicted octanol–water partition coefficient (Wildman–Crippen LogP) is 1.71. The van der Waals surface area contributed by atoms with Gasteiger partial charge in [0, 0.05) is 6.54 Å². The minimum absolute atomic E-state index is 0.0142. The minimum atomic E-state index is -0.379. The highest BCUT2D eigenvalue weighted by Crippen LogP contribution is 2.18. The van der Waals surface area contributed by atoms with E-state index in [-0.39, 0.29) is 29.8 Å². The van der Waals surface area contributed by atoms with Gasteiger partial charge >= 0.3 is 0 Å². The van der Waals surface area contributed by atoms with E-state index in [1.807, 2.05) is 39.8 Å². The molecule has 0 saturated carbocycles. The summed E-state index contributed by atoms with van der Waals surface area (Å²) in [7, 11) is 0. The Morgan fingerprint density at radius 2 is 2.06 bits per heavy atom. The van der Waals surface area contributed by atoms with Gasteiger partial charge in [-0.1, -0.05) is 39.3 Å². The topological polar surface area (TPSA) is 49.4 Å². The third-order valence-corrected chi connectivity index (χ3v) is 3.29. The molecule has 0 aliphatic carbocycles. The molecule has 1 N–H and O–H groups in total. The van der Waals surface area contributed by atoms with Gasteiger partial charge in [0.2, 0.25) is 11.8 Å². The quantitative estimate of drug-likeness (QED) is 0.757. The van der Waals surface area contributed by atoms with Crippen molar-refractivity contribution in [3.63, 3.8) is 0 Å². The number of hydrogen-bond donors (Lipinski definition) is 1. The monoisotopic (exact) mass is 252 g/mol. The van der Waals surface area contributed by atoms with Crippen LogP contribution in [-0.2, 0) is 9.59 Å². The molecule has 1 fully saturated rings. The lowest BCUT2D eigenvalue weighted by Gasteiger charge is -2.39. The third-order valence-electron chi connectivity index (χ3n) is 3.29. The van der Waals surface area contributed by atoms with Crippen LogP contribution < -0.4 is 5.32 Å². The van der Waals surface area contributed by atoms with Crippen LogP contribution in [0.15, 0.2) is 12.2 Å². The maximum absolute atomic E-state index is 12.4. The normalized spacial score (nSPS) is 25.1. The Hall–Kier alpha value is -1.32. The van der Waals surface area contributed by atoms with Gasteiger partial charge in [-0.3, -0.25) is 9.59 Å². The van der Waals surface area contributed by atoms with Crippen molar-refractivity contribution in [2.45, 2.75) is 52.6 Å². The van der Waals surface area contributed by atoms with Gasteiger partial charge in [-0.25, -0.2) is 0 Å². The van der Waals surface area contributed by atoms with E-state index < -0.39 is 0 Å². The summed E-state index contributed by atoms with van der Waals surface area (Å²) in [5, 5.41) is 2.85. The van der Waals surface area contributed by atoms with Crippen molar-refractivity contribution in [1.82, 2.24) is 10.2 Å². The number of hydrogen-bond acceptors (Lipinski definition) is 2. The summed E-state index contributed by atoms with van der Waals surface area (Å²) in [5.74, 6) is 0.151. The molecule has 0 radical (unpaired) electrons. The van der Waals surface area contributed by atoms with Crippen LogP contribution in [0.2, 0.25) is 0 Å². The molecule has 1 heterocycles. The van der Waals surface area contributed by atoms with Crippen molar-refractivity contribution < 1.29 is 9.59 Å². The summed E-state index contributed by atoms with van der Waals surface area (Å²) in [5.41, 5.74) is 0. The van der Waals surface area contributed by atoms with E-state index in [1.165, 1.54) is 0 Å². The molecule has 1 rings (SSSR count). The highest BCUT2D eigenvalue weighted by Gasteiger charge is 2.40. The number of carbonyl (C=O) groups is 2. The third kappa shape index (κ3) is 3.12. The zero-order valence-corrected chi connectivity index (χ0v) is 11.8. The first-order valence-electron chi connectivity index (χ1n) is 6.74. The SMILES string of the molecule is C/C=C/CN1C(=O)C(C(C)C)NC(=O)C1CCC. The summed E-state index contributed by atoms with van der Waals surface area (Å²) in [4.78, 5) is 26.2. The van der Waals surface area contributed by atoms with Crippen molar-refractivity contribution in [1.29, 1.82) is 0 Å². The molecule has 1 aliphatic heterocycles. The summed E-state index contributed by atoms with van der Waals surface area (Å²) in [6.45, 7) is 8.38. The molecule has 2 unspecified atom stereocenters. The van der Waals surface area contributed by atoms with E-state index in [1.54, 1.807) is 4.90 Å². The van der Waals surface area contributed by atoms with Crippen LogP contribution in [0, 0.1) is 5.92 Å². The molecular formula is C14H24N2O2. The Bertz CT molecular complexity index is 337. The Morgan fingerprint density at radius 3 is 2.56 bits per heavy atom. The van der Waals surface area contributed by atoms with Crippen LogP contribution in [0.5, 0.6) is 0 Å². The van der Waals surface area contributed by atoms with Gasteiger partial charge in [0.1, 0.15) is 12.1 Å². The zero-order chi connectivity index (χ0) is 13.7. The highest BCUT2D eigenvalue weighted by molar-refractivity contribution is 5.97. The lowest BCUT2D eigenvalue weighted by atomic mass is 9.96. The lowest BCUT2D eigenvalue weighted by molar-refractivity contribution is -0.150. The van der Waals surface area contributed by atoms with Crippen molar-refractivity contribution >= 4 is 11.8 Å². The van der Waals surface area contributed by atoms with Gasteiger partial charge in [0.15, 0.2) is 0 Å². The first-order chi connectivity index (χ1) is 8.52. The second kappa shape index (κ2) is 6.57. The molecule has 0 bridgehead atoms. The summed E-state index contributed by atoms with van der Waals surface area (Å²) >= 11 is 0. The van der Waals surface area contributed by atoms with E-state index in [2.05, 4.69) is 5.32 Å². The average Bonchev–Trinajstić information content (AvgIpc) is 2.32. The molecule has 18 heavy (non-hydrogen) atoms. The minimum Gasteiger partial charge on any atom is -0.342 e. The maximum atomic E-state index is 12.4. The molecule has 102 valence electrons. The standard InChI is InChI=1S/C14H24N2O2/c1-5-7-9-16-11(8-6-2)13(17)15-12(10(3)4)14(16)18/h5,7,10-12H,6,8-9H2,1-4H3,(H,15,17)/b7-5+. The molecule has 4 heteroatoms. The van der Waals surface area contributed by atoms with Crippen LogP contribution in [-0.4, -0.2) is 35.3 Å². The van der Waals surface area contributed by atoms with Crippen molar-refractivity contribution in [3.05, 3.63) is 12.2 Å². The van der Waals surface area contributed by atoms with Gasteiger partial charge in [-0.2, -0.15) is 0 Å². The maximum Gasteiger partial charge on any atom is 0.246 e. The summed E-state index contributed by atoms with van der Waals surface area (Å²) in [6.07, 6.45) is 5.45. The van der Waals surface area contributed by atoms with E-state index in [0.29, 0.717) is 6.54 Å². The van der Waals surface area contributed by atoms with Crippen LogP contribution in [0.4, 0.5) is 0 Å². The second-order valence-corrected chi connectivity index (χ2v) is 5.09. The van der Waals surface area contributed by atoms with Gasteiger partial charge in [0.05, 0.1) is 0 Å². The molecule has 4 nitrogen and oxygen atoms in total. The smallest absolute Gasteiger partial charge is 0.246 e. The van der Waals surface area contributed by atoms with Gasteiger partial charge in [0.25, 0.3) is 0 Å². The molecule has 2 amide bonds. The number of piperazine rings is 1. The number of rotatable bonds is 5. The Labute approximate surface area is 109 Å². The van der Waals surface area contributed by atoms with Crippen LogP contribution in [0.3, 0.4) is 0 Å². The van der Waals surface area contributed by atoms with E-state index in [9.17, 15) is 9.59 Å². The molecule has 1 aliphatic rings. The molecule has 0 aromatic rings. The fraction of sp³-hybridized carbons (Fsp3) is 0.714. The van der Waals surface area contributed by atoms with E-state index >= 15 is 0 Å². The van der Waals surface area contributed by atoms with Crippen molar-refractivity contribution in [2.24, 2.45) is 5.92 Å². The van der Waals surface area contributed by atoms with Gasteiger partial charge in [-0.15, -0.1) is 0 Å². The Balaban J connectivity index is 2.92. The fourth-order valence-corrected chi connectivity index (χ4v) is 2.23. The van der Waals surface area contributed by atoms with Gasteiger partial charge in [-0.05, 0) is 19.3 Å². The number of carbonyl (C=O) groups excluding carboxylic acids is 2. The Morgan fingerprint density at radius 1 is 1.39 bits per heavy atom. The average molecular weight is 252 g/mol. The fourth-order valence-electron chi connectivity index (χ4n) is 2.23. The largest absolute Gasteiger partial charge is 0.342 e. The summed E-state index contributed by atoms with van der Waals surface area (Å²) in [6, 6.07) is -0.690. The van der Waals surface area contributed by atoms with Gasteiger partial charge < -0.3 is 10.2 Å². The lowest BCUT2D eigenvalue weighted by Crippen LogP contribution is -2.64. The van der Waals surface area contributed by atoms with Crippen molar-refractivity contribution in [2.75, 3.05) is 6.54 Å². The molecule has 2 atom stereocenters. The van der Waals surface area contributed by atoms with Crippen molar-refractivity contribution in [3.8, 4) is 0 Å². The molecular weight excluding hydrogens is 228 g/mol. The summed E-state index contributed by atoms with van der Waals surface area (Å²) < 4.78 is 0. The molecule has 0 spiro atoms. The van der Waals surface area contributed by atoms with Crippen LogP contribution in [0.1, 0.15) is 40.5 Å². The zero-order valence-electron chi connectivity index (χ0n) is 11.8. The predicted molar refractivity (Wildman–Crippen MR) is 72.0 cm³/mol. The molecule has 0 aromatic heterocycles. The first-order valence-corrected chi connectivity index (χ1v) is 6.74. The number of amides is 2. The van der Waals surface area contributed by atoms with E-state index in [0.717, 1.165) is 12.8 Å².